The van der Waals surface area contributed by atoms with Gasteiger partial charge in [-0.2, -0.15) is 10.4 Å². The lowest BCUT2D eigenvalue weighted by atomic mass is 10.0. The Morgan fingerprint density at radius 2 is 2.00 bits per heavy atom. The van der Waals surface area contributed by atoms with E-state index in [4.69, 9.17) is 18.6 Å². The number of carbonyl (C=O) groups is 1. The molecule has 0 atom stereocenters. The maximum atomic E-state index is 12.6. The molecule has 3 aromatic heterocycles. The zero-order chi connectivity index (χ0) is 26.1. The van der Waals surface area contributed by atoms with Gasteiger partial charge in [-0.3, -0.25) is 14.5 Å². The number of fused-ring (bicyclic) bond motifs is 1. The van der Waals surface area contributed by atoms with Gasteiger partial charge < -0.3 is 23.5 Å². The molecule has 1 amide bonds. The Kier molecular flexibility index (Phi) is 6.54. The van der Waals surface area contributed by atoms with E-state index in [1.165, 1.54) is 12.0 Å². The Balaban J connectivity index is 1.55. The van der Waals surface area contributed by atoms with Gasteiger partial charge in [-0.25, -0.2) is 0 Å². The number of aryl methyl sites for hydroxylation is 1. The van der Waals surface area contributed by atoms with Crippen molar-refractivity contribution in [3.05, 3.63) is 47.8 Å². The first kappa shape index (κ1) is 24.3. The molecule has 37 heavy (non-hydrogen) atoms. The molecule has 0 radical (unpaired) electrons. The lowest BCUT2D eigenvalue weighted by Crippen LogP contribution is -2.26. The molecule has 4 heterocycles. The second kappa shape index (κ2) is 9.95. The van der Waals surface area contributed by atoms with E-state index in [-0.39, 0.29) is 17.7 Å². The second-order valence-corrected chi connectivity index (χ2v) is 8.99. The third-order valence-electron chi connectivity index (χ3n) is 6.33. The Morgan fingerprint density at radius 1 is 1.22 bits per heavy atom. The fourth-order valence-electron chi connectivity index (χ4n) is 4.46. The number of pyridine rings is 1. The van der Waals surface area contributed by atoms with Crippen LogP contribution in [-0.2, 0) is 11.8 Å². The van der Waals surface area contributed by atoms with Crippen molar-refractivity contribution in [1.82, 2.24) is 19.7 Å². The second-order valence-electron chi connectivity index (χ2n) is 8.99. The molecule has 1 aliphatic rings. The highest BCUT2D eigenvalue weighted by Gasteiger charge is 2.27. The van der Waals surface area contributed by atoms with Gasteiger partial charge in [0.1, 0.15) is 29.1 Å². The minimum absolute atomic E-state index is 0.0325. The van der Waals surface area contributed by atoms with Crippen LogP contribution in [0, 0.1) is 11.3 Å². The number of benzene rings is 1. The first-order valence-electron chi connectivity index (χ1n) is 11.9. The maximum Gasteiger partial charge on any atom is 0.277 e. The maximum absolute atomic E-state index is 12.6. The number of aromatic nitrogens is 3. The number of hydrogen-bond acceptors (Lipinski definition) is 8. The molecule has 1 aromatic carbocycles. The third-order valence-corrected chi connectivity index (χ3v) is 6.33. The van der Waals surface area contributed by atoms with E-state index in [0.717, 1.165) is 24.0 Å². The molecule has 1 saturated heterocycles. The number of ether oxygens (including phenoxy) is 3. The lowest BCUT2D eigenvalue weighted by Gasteiger charge is -2.23. The van der Waals surface area contributed by atoms with E-state index in [9.17, 15) is 10.1 Å². The van der Waals surface area contributed by atoms with Crippen LogP contribution in [0.2, 0.25) is 0 Å². The average molecular weight is 502 g/mol. The minimum atomic E-state index is -0.277. The van der Waals surface area contributed by atoms with E-state index in [1.807, 2.05) is 18.2 Å². The van der Waals surface area contributed by atoms with Crippen LogP contribution in [0.1, 0.15) is 28.9 Å². The minimum Gasteiger partial charge on any atom is -0.492 e. The smallest absolute Gasteiger partial charge is 0.277 e. The Morgan fingerprint density at radius 3 is 2.70 bits per heavy atom. The van der Waals surface area contributed by atoms with Crippen LogP contribution in [0.4, 0.5) is 0 Å². The average Bonchev–Trinajstić information content (AvgIpc) is 3.49. The van der Waals surface area contributed by atoms with Crippen molar-refractivity contribution < 1.29 is 23.4 Å². The summed E-state index contributed by atoms with van der Waals surface area (Å²) in [4.78, 5) is 18.5. The van der Waals surface area contributed by atoms with Gasteiger partial charge in [-0.1, -0.05) is 6.07 Å². The zero-order valence-electron chi connectivity index (χ0n) is 21.1. The fourth-order valence-corrected chi connectivity index (χ4v) is 4.46. The summed E-state index contributed by atoms with van der Waals surface area (Å²) < 4.78 is 24.9. The number of carbonyl (C=O) groups excluding carboxylic acids is 1. The lowest BCUT2D eigenvalue weighted by molar-refractivity contribution is 0.0254. The van der Waals surface area contributed by atoms with E-state index in [2.05, 4.69) is 16.2 Å². The van der Waals surface area contributed by atoms with Crippen molar-refractivity contribution in [3.8, 4) is 40.1 Å². The van der Waals surface area contributed by atoms with Crippen LogP contribution in [0.25, 0.3) is 33.7 Å². The standard InChI is InChI=1S/C27H27N5O5/c1-31(2)27(33)23-26(34-4)24(32(3)30-23)22-14-20-25(37-22)19(7-10-29-20)16-5-6-21(17(13-16)15-28)36-18-8-11-35-12-9-18/h5-7,10,13-14,18H,8-9,11-12H2,1-4H3. The van der Waals surface area contributed by atoms with Gasteiger partial charge in [0.15, 0.2) is 22.8 Å². The van der Waals surface area contributed by atoms with Crippen LogP contribution < -0.4 is 9.47 Å². The largest absolute Gasteiger partial charge is 0.492 e. The highest BCUT2D eigenvalue weighted by Crippen LogP contribution is 2.39. The monoisotopic (exact) mass is 501 g/mol. The number of nitriles is 1. The predicted molar refractivity (Wildman–Crippen MR) is 135 cm³/mol. The molecule has 190 valence electrons. The highest BCUT2D eigenvalue weighted by molar-refractivity contribution is 5.98. The molecule has 10 nitrogen and oxygen atoms in total. The highest BCUT2D eigenvalue weighted by atomic mass is 16.5. The van der Waals surface area contributed by atoms with E-state index < -0.39 is 0 Å². The van der Waals surface area contributed by atoms with Crippen molar-refractivity contribution in [2.75, 3.05) is 34.4 Å². The number of amides is 1. The summed E-state index contributed by atoms with van der Waals surface area (Å²) in [5.41, 5.74) is 3.90. The molecule has 5 rings (SSSR count). The molecule has 1 aliphatic heterocycles. The first-order valence-corrected chi connectivity index (χ1v) is 11.9. The summed E-state index contributed by atoms with van der Waals surface area (Å²) in [5, 5.41) is 14.2. The molecule has 0 spiro atoms. The van der Waals surface area contributed by atoms with Gasteiger partial charge in [0.05, 0.1) is 25.9 Å². The Labute approximate surface area is 214 Å². The Hall–Kier alpha value is -4.36. The summed E-state index contributed by atoms with van der Waals surface area (Å²) in [7, 11) is 6.53. The molecule has 10 heteroatoms. The van der Waals surface area contributed by atoms with Crippen LogP contribution in [0.3, 0.4) is 0 Å². The van der Waals surface area contributed by atoms with Crippen molar-refractivity contribution >= 4 is 17.0 Å². The zero-order valence-corrected chi connectivity index (χ0v) is 21.1. The summed E-state index contributed by atoms with van der Waals surface area (Å²) in [6, 6.07) is 11.4. The third kappa shape index (κ3) is 4.49. The number of hydrogen-bond donors (Lipinski definition) is 0. The van der Waals surface area contributed by atoms with Crippen LogP contribution >= 0.6 is 0 Å². The molecule has 0 unspecified atom stereocenters. The SMILES string of the molecule is COc1c(C(=O)N(C)C)nn(C)c1-c1cc2nccc(-c3ccc(OC4CCOCC4)c(C#N)c3)c2o1. The molecule has 0 N–H and O–H groups in total. The van der Waals surface area contributed by atoms with Gasteiger partial charge in [0.25, 0.3) is 5.91 Å². The molecule has 0 bridgehead atoms. The molecular weight excluding hydrogens is 474 g/mol. The summed E-state index contributed by atoms with van der Waals surface area (Å²) >= 11 is 0. The Bertz CT molecular complexity index is 1510. The number of methoxy groups -OCH3 is 1. The van der Waals surface area contributed by atoms with Gasteiger partial charge in [0, 0.05) is 51.8 Å². The van der Waals surface area contributed by atoms with Gasteiger partial charge >= 0.3 is 0 Å². The molecule has 0 saturated carbocycles. The molecule has 0 aliphatic carbocycles. The van der Waals surface area contributed by atoms with Crippen LogP contribution in [-0.4, -0.2) is 66.1 Å². The van der Waals surface area contributed by atoms with Crippen molar-refractivity contribution in [1.29, 1.82) is 5.26 Å². The van der Waals surface area contributed by atoms with Crippen LogP contribution in [0.5, 0.6) is 11.5 Å². The van der Waals surface area contributed by atoms with Crippen molar-refractivity contribution in [3.63, 3.8) is 0 Å². The van der Waals surface area contributed by atoms with Gasteiger partial charge in [-0.05, 0) is 23.8 Å². The number of nitrogens with zero attached hydrogens (tertiary/aromatic N) is 5. The van der Waals surface area contributed by atoms with Crippen molar-refractivity contribution in [2.24, 2.45) is 7.05 Å². The summed E-state index contributed by atoms with van der Waals surface area (Å²) in [5.74, 6) is 1.06. The van der Waals surface area contributed by atoms with Gasteiger partial charge in [-0.15, -0.1) is 0 Å². The van der Waals surface area contributed by atoms with E-state index in [1.54, 1.807) is 44.2 Å². The van der Waals surface area contributed by atoms with E-state index >= 15 is 0 Å². The number of rotatable bonds is 6. The molecular formula is C27H27N5O5. The molecule has 1 fully saturated rings. The predicted octanol–water partition coefficient (Wildman–Crippen LogP) is 4.04. The summed E-state index contributed by atoms with van der Waals surface area (Å²) in [6.45, 7) is 1.32. The topological polar surface area (TPSA) is 116 Å². The normalized spacial score (nSPS) is 13.9. The molecule has 4 aromatic rings. The van der Waals surface area contributed by atoms with Gasteiger partial charge in [0.2, 0.25) is 0 Å². The number of furan rings is 1. The first-order chi connectivity index (χ1) is 17.9. The summed E-state index contributed by atoms with van der Waals surface area (Å²) in [6.07, 6.45) is 3.32. The van der Waals surface area contributed by atoms with Crippen LogP contribution in [0.15, 0.2) is 40.9 Å². The fraction of sp³-hybridized carbons (Fsp3) is 0.333. The quantitative estimate of drug-likeness (QED) is 0.389. The van der Waals surface area contributed by atoms with E-state index in [0.29, 0.717) is 52.8 Å². The van der Waals surface area contributed by atoms with Crippen molar-refractivity contribution in [2.45, 2.75) is 18.9 Å².